The fourth-order valence-corrected chi connectivity index (χ4v) is 14.0. The first kappa shape index (κ1) is 97.0. The van der Waals surface area contributed by atoms with E-state index in [1.165, 1.54) is 238 Å². The van der Waals surface area contributed by atoms with Crippen molar-refractivity contribution in [3.63, 3.8) is 0 Å². The molecule has 0 saturated carbocycles. The molecule has 14 nitrogen and oxygen atoms in total. The summed E-state index contributed by atoms with van der Waals surface area (Å²) in [5.74, 6) is -0.207. The summed E-state index contributed by atoms with van der Waals surface area (Å²) in [4.78, 5) is 13.4. The Hall–Kier alpha value is -3.09. The van der Waals surface area contributed by atoms with Gasteiger partial charge in [0.15, 0.2) is 12.6 Å². The van der Waals surface area contributed by atoms with Crippen LogP contribution in [0.25, 0.3) is 0 Å². The van der Waals surface area contributed by atoms with E-state index in [2.05, 4.69) is 116 Å². The molecule has 2 aliphatic rings. The van der Waals surface area contributed by atoms with E-state index in [-0.39, 0.29) is 12.5 Å². The number of carbonyl (C=O) groups is 1. The molecule has 12 atom stereocenters. The normalized spacial score (nSPS) is 21.9. The first-order chi connectivity index (χ1) is 51.1. The largest absolute Gasteiger partial charge is 0.394 e. The number of aliphatic hydroxyl groups is 8. The molecule has 2 aliphatic heterocycles. The number of carbonyl (C=O) groups excluding carboxylic acids is 1. The molecule has 1 amide bonds. The molecule has 104 heavy (non-hydrogen) atoms. The van der Waals surface area contributed by atoms with E-state index in [1.807, 2.05) is 0 Å². The third-order valence-electron chi connectivity index (χ3n) is 20.8. The Labute approximate surface area is 636 Å². The quantitative estimate of drug-likeness (QED) is 0.0204. The van der Waals surface area contributed by atoms with Crippen molar-refractivity contribution >= 4 is 5.91 Å². The maximum atomic E-state index is 13.4. The van der Waals surface area contributed by atoms with Crippen LogP contribution in [0.5, 0.6) is 0 Å². The van der Waals surface area contributed by atoms with E-state index < -0.39 is 86.8 Å². The molecule has 604 valence electrons. The van der Waals surface area contributed by atoms with Crippen molar-refractivity contribution in [3.8, 4) is 0 Å². The van der Waals surface area contributed by atoms with Crippen LogP contribution in [0.3, 0.4) is 0 Å². The van der Waals surface area contributed by atoms with Crippen molar-refractivity contribution in [1.82, 2.24) is 5.32 Å². The number of aliphatic hydroxyl groups excluding tert-OH is 8. The lowest BCUT2D eigenvalue weighted by Crippen LogP contribution is -2.65. The van der Waals surface area contributed by atoms with Gasteiger partial charge in [-0.05, 0) is 77.0 Å². The topological polar surface area (TPSA) is 228 Å². The van der Waals surface area contributed by atoms with Gasteiger partial charge in [0.25, 0.3) is 0 Å². The van der Waals surface area contributed by atoms with Gasteiger partial charge in [-0.2, -0.15) is 0 Å². The summed E-state index contributed by atoms with van der Waals surface area (Å²) in [5, 5.41) is 88.0. The maximum absolute atomic E-state index is 13.4. The molecule has 0 aliphatic carbocycles. The van der Waals surface area contributed by atoms with Crippen LogP contribution in [0.15, 0.2) is 97.2 Å². The van der Waals surface area contributed by atoms with E-state index in [9.17, 15) is 45.6 Å². The minimum absolute atomic E-state index is 0.207. The zero-order chi connectivity index (χ0) is 75.1. The summed E-state index contributed by atoms with van der Waals surface area (Å²) in [6.07, 6.45) is 87.4. The Balaban J connectivity index is 1.59. The van der Waals surface area contributed by atoms with Gasteiger partial charge in [-0.25, -0.2) is 0 Å². The van der Waals surface area contributed by atoms with Crippen LogP contribution in [0.2, 0.25) is 0 Å². The van der Waals surface area contributed by atoms with Crippen molar-refractivity contribution < 1.29 is 64.6 Å². The van der Waals surface area contributed by atoms with Crippen LogP contribution in [-0.2, 0) is 23.7 Å². The van der Waals surface area contributed by atoms with Gasteiger partial charge in [-0.15, -0.1) is 0 Å². The number of hydrogen-bond acceptors (Lipinski definition) is 13. The molecule has 0 aromatic heterocycles. The fourth-order valence-electron chi connectivity index (χ4n) is 14.0. The van der Waals surface area contributed by atoms with Gasteiger partial charge in [-0.1, -0.05) is 387 Å². The van der Waals surface area contributed by atoms with E-state index in [0.717, 1.165) is 109 Å². The van der Waals surface area contributed by atoms with Crippen LogP contribution in [-0.4, -0.2) is 140 Å². The fraction of sp³-hybridized carbons (Fsp3) is 0.811. The lowest BCUT2D eigenvalue weighted by Gasteiger charge is -2.46. The summed E-state index contributed by atoms with van der Waals surface area (Å²) >= 11 is 0. The third kappa shape index (κ3) is 54.5. The summed E-state index contributed by atoms with van der Waals surface area (Å²) in [6, 6.07) is -0.838. The molecule has 14 heteroatoms. The highest BCUT2D eigenvalue weighted by Crippen LogP contribution is 2.31. The van der Waals surface area contributed by atoms with Crippen LogP contribution in [0.1, 0.15) is 373 Å². The van der Waals surface area contributed by atoms with Crippen LogP contribution in [0.4, 0.5) is 0 Å². The van der Waals surface area contributed by atoms with Crippen LogP contribution in [0, 0.1) is 0 Å². The zero-order valence-electron chi connectivity index (χ0n) is 66.5. The van der Waals surface area contributed by atoms with Crippen LogP contribution < -0.4 is 5.32 Å². The highest BCUT2D eigenvalue weighted by atomic mass is 16.7. The molecule has 0 spiro atoms. The Morgan fingerprint density at radius 3 is 1.02 bits per heavy atom. The van der Waals surface area contributed by atoms with Gasteiger partial charge in [0.2, 0.25) is 5.91 Å². The number of allylic oxidation sites excluding steroid dienone is 16. The molecular weight excluding hydrogens is 1300 g/mol. The van der Waals surface area contributed by atoms with Gasteiger partial charge in [0.1, 0.15) is 48.8 Å². The SMILES string of the molecule is CC/C=C\C/C=C\C/C=C\C/C=C\C/C=C\C/C=C\C/C=C\C/C=C\CCCCCCCCCCCCCCC(=O)NC(COC1OC(CO)C(OC2OC(CO)C(O)C(O)C2O)C(O)C1O)C(O)CCCCCCCCCCCCCCCCCCCCCCCCCCCCCCCCCCC. The van der Waals surface area contributed by atoms with Crippen LogP contribution >= 0.6 is 0 Å². The zero-order valence-corrected chi connectivity index (χ0v) is 66.5. The molecule has 0 aromatic rings. The Kier molecular flexibility index (Phi) is 67.8. The summed E-state index contributed by atoms with van der Waals surface area (Å²) in [7, 11) is 0. The van der Waals surface area contributed by atoms with E-state index in [1.54, 1.807) is 0 Å². The number of rotatable bonds is 73. The lowest BCUT2D eigenvalue weighted by molar-refractivity contribution is -0.359. The second-order valence-electron chi connectivity index (χ2n) is 30.3. The molecule has 9 N–H and O–H groups in total. The lowest BCUT2D eigenvalue weighted by atomic mass is 9.97. The third-order valence-corrected chi connectivity index (χ3v) is 20.8. The molecule has 0 bridgehead atoms. The molecule has 2 rings (SSSR count). The van der Waals surface area contributed by atoms with Crippen molar-refractivity contribution in [2.45, 2.75) is 447 Å². The maximum Gasteiger partial charge on any atom is 0.220 e. The molecule has 2 heterocycles. The van der Waals surface area contributed by atoms with Gasteiger partial charge in [0.05, 0.1) is 32.0 Å². The molecular formula is C90H161NO13. The van der Waals surface area contributed by atoms with E-state index >= 15 is 0 Å². The second kappa shape index (κ2) is 72.8. The average Bonchev–Trinajstić information content (AvgIpc) is 0.790. The average molecular weight is 1470 g/mol. The molecule has 2 saturated heterocycles. The standard InChI is InChI=1S/C90H161NO13/c1-3-5-7-9-11-13-15-17-19-21-23-25-27-29-31-33-35-37-38-39-40-42-44-46-48-50-52-54-56-58-60-62-64-66-68-70-72-74-82(95)91-78(77-101-89-87(100)85(98)88(81(76-93)103-89)104-90-86(99)84(97)83(96)80(75-92)102-90)79(94)73-71-69-67-65-63-61-59-57-55-53-51-49-47-45-43-41-36-34-32-30-28-26-24-22-20-18-16-14-12-10-8-6-4-2/h5,7,11,13,17,19,23,25,29,31,35,37,39-40,44,46,78-81,83-90,92-94,96-100H,3-4,6,8-10,12,14-16,18,20-22,24,26-28,30,32-34,36,38,41-43,45,47-77H2,1-2H3,(H,91,95)/b7-5-,13-11-,19-17-,25-23-,31-29-,37-35-,40-39-,46-44-. The van der Waals surface area contributed by atoms with E-state index in [4.69, 9.17) is 18.9 Å². The Morgan fingerprint density at radius 2 is 0.663 bits per heavy atom. The predicted octanol–water partition coefficient (Wildman–Crippen LogP) is 20.8. The molecule has 0 radical (unpaired) electrons. The van der Waals surface area contributed by atoms with E-state index in [0.29, 0.717) is 12.8 Å². The molecule has 2 fully saturated rings. The predicted molar refractivity (Wildman–Crippen MR) is 433 cm³/mol. The number of nitrogens with one attached hydrogen (secondary N) is 1. The second-order valence-corrected chi connectivity index (χ2v) is 30.3. The highest BCUT2D eigenvalue weighted by Gasteiger charge is 2.51. The highest BCUT2D eigenvalue weighted by molar-refractivity contribution is 5.76. The van der Waals surface area contributed by atoms with Crippen molar-refractivity contribution in [2.24, 2.45) is 0 Å². The first-order valence-electron chi connectivity index (χ1n) is 43.5. The van der Waals surface area contributed by atoms with Crippen molar-refractivity contribution in [2.75, 3.05) is 19.8 Å². The Morgan fingerprint density at radius 1 is 0.356 bits per heavy atom. The summed E-state index contributed by atoms with van der Waals surface area (Å²) in [5.41, 5.74) is 0. The molecule has 12 unspecified atom stereocenters. The van der Waals surface area contributed by atoms with Crippen molar-refractivity contribution in [3.05, 3.63) is 97.2 Å². The number of amides is 1. The first-order valence-corrected chi connectivity index (χ1v) is 43.5. The smallest absolute Gasteiger partial charge is 0.220 e. The minimum Gasteiger partial charge on any atom is -0.394 e. The summed E-state index contributed by atoms with van der Waals surface area (Å²) in [6.45, 7) is 2.80. The van der Waals surface area contributed by atoms with Crippen molar-refractivity contribution in [1.29, 1.82) is 0 Å². The summed E-state index contributed by atoms with van der Waals surface area (Å²) < 4.78 is 23.0. The van der Waals surface area contributed by atoms with Gasteiger partial charge >= 0.3 is 0 Å². The Bertz CT molecular complexity index is 2120. The number of hydrogen-bond donors (Lipinski definition) is 9. The van der Waals surface area contributed by atoms with Gasteiger partial charge < -0.3 is 65.1 Å². The minimum atomic E-state index is -1.79. The number of ether oxygens (including phenoxy) is 4. The monoisotopic (exact) mass is 1460 g/mol. The van der Waals surface area contributed by atoms with Gasteiger partial charge in [0, 0.05) is 6.42 Å². The van der Waals surface area contributed by atoms with Gasteiger partial charge in [-0.3, -0.25) is 4.79 Å². The number of unbranched alkanes of at least 4 members (excludes halogenated alkanes) is 44. The molecule has 0 aromatic carbocycles.